The fourth-order valence-electron chi connectivity index (χ4n) is 1.89. The first-order chi connectivity index (χ1) is 8.06. The highest BCUT2D eigenvalue weighted by atomic mass is 79.9. The summed E-state index contributed by atoms with van der Waals surface area (Å²) in [5.74, 6) is -1.18. The fourth-order valence-corrected chi connectivity index (χ4v) is 3.13. The lowest BCUT2D eigenvalue weighted by atomic mass is 9.71. The van der Waals surface area contributed by atoms with Gasteiger partial charge in [0, 0.05) is 16.8 Å². The minimum atomic E-state index is -0.666. The van der Waals surface area contributed by atoms with Gasteiger partial charge in [-0.1, -0.05) is 22.4 Å². The van der Waals surface area contributed by atoms with Crippen molar-refractivity contribution in [3.05, 3.63) is 28.2 Å². The molecule has 94 valence electrons. The van der Waals surface area contributed by atoms with Crippen molar-refractivity contribution in [2.75, 3.05) is 11.9 Å². The molecule has 0 bridgehead atoms. The molecule has 1 fully saturated rings. The zero-order chi connectivity index (χ0) is 12.5. The van der Waals surface area contributed by atoms with Gasteiger partial charge in [0.2, 0.25) is 0 Å². The standard InChI is InChI=1S/C12H12Br2F2O/c13-6-12(2-1-3-12)7-17-11-9(14)4-8(15)5-10(11)16/h4-5H,1-3,6-7H2. The van der Waals surface area contributed by atoms with Crippen LogP contribution in [-0.4, -0.2) is 11.9 Å². The molecule has 0 aromatic heterocycles. The van der Waals surface area contributed by atoms with Gasteiger partial charge in [0.15, 0.2) is 11.6 Å². The number of alkyl halides is 1. The first-order valence-electron chi connectivity index (χ1n) is 5.40. The highest BCUT2D eigenvalue weighted by molar-refractivity contribution is 9.10. The van der Waals surface area contributed by atoms with E-state index in [1.54, 1.807) is 0 Å². The molecule has 0 unspecified atom stereocenters. The summed E-state index contributed by atoms with van der Waals surface area (Å²) in [6.45, 7) is 0.458. The van der Waals surface area contributed by atoms with E-state index in [1.165, 1.54) is 12.5 Å². The van der Waals surface area contributed by atoms with E-state index in [9.17, 15) is 8.78 Å². The highest BCUT2D eigenvalue weighted by Gasteiger charge is 2.37. The molecule has 1 aliphatic carbocycles. The lowest BCUT2D eigenvalue weighted by Gasteiger charge is -2.40. The van der Waals surface area contributed by atoms with Gasteiger partial charge in [-0.15, -0.1) is 0 Å². The first-order valence-corrected chi connectivity index (χ1v) is 7.31. The molecule has 2 rings (SSSR count). The third-order valence-electron chi connectivity index (χ3n) is 3.18. The van der Waals surface area contributed by atoms with Crippen molar-refractivity contribution in [3.8, 4) is 5.75 Å². The van der Waals surface area contributed by atoms with Crippen LogP contribution in [0.2, 0.25) is 0 Å². The van der Waals surface area contributed by atoms with E-state index in [4.69, 9.17) is 4.74 Å². The van der Waals surface area contributed by atoms with Crippen LogP contribution >= 0.6 is 31.9 Å². The molecule has 0 amide bonds. The lowest BCUT2D eigenvalue weighted by Crippen LogP contribution is -2.37. The molecule has 0 spiro atoms. The molecule has 5 heteroatoms. The number of ether oxygens (including phenoxy) is 1. The zero-order valence-corrected chi connectivity index (χ0v) is 12.3. The molecule has 1 aromatic carbocycles. The van der Waals surface area contributed by atoms with E-state index in [2.05, 4.69) is 31.9 Å². The second-order valence-corrected chi connectivity index (χ2v) is 5.89. The Morgan fingerprint density at radius 2 is 2.00 bits per heavy atom. The third-order valence-corrected chi connectivity index (χ3v) is 4.96. The Balaban J connectivity index is 2.09. The predicted octanol–water partition coefficient (Wildman–Crippen LogP) is 4.67. The summed E-state index contributed by atoms with van der Waals surface area (Å²) < 4.78 is 32.2. The van der Waals surface area contributed by atoms with E-state index in [0.29, 0.717) is 11.1 Å². The van der Waals surface area contributed by atoms with Crippen LogP contribution in [0.5, 0.6) is 5.75 Å². The van der Waals surface area contributed by atoms with Crippen LogP contribution in [0.15, 0.2) is 16.6 Å². The molecule has 1 nitrogen and oxygen atoms in total. The second-order valence-electron chi connectivity index (χ2n) is 4.47. The second kappa shape index (κ2) is 5.22. The summed E-state index contributed by atoms with van der Waals surface area (Å²) in [7, 11) is 0. The van der Waals surface area contributed by atoms with Crippen molar-refractivity contribution >= 4 is 31.9 Å². The molecule has 1 aliphatic rings. The molecule has 0 atom stereocenters. The largest absolute Gasteiger partial charge is 0.489 e. The van der Waals surface area contributed by atoms with Crippen molar-refractivity contribution in [1.82, 2.24) is 0 Å². The number of hydrogen-bond donors (Lipinski definition) is 0. The van der Waals surface area contributed by atoms with E-state index in [0.717, 1.165) is 24.2 Å². The Morgan fingerprint density at radius 1 is 1.29 bits per heavy atom. The summed E-state index contributed by atoms with van der Waals surface area (Å²) in [5, 5.41) is 0.848. The molecule has 1 aromatic rings. The van der Waals surface area contributed by atoms with E-state index >= 15 is 0 Å². The Morgan fingerprint density at radius 3 is 2.47 bits per heavy atom. The van der Waals surface area contributed by atoms with Crippen molar-refractivity contribution in [1.29, 1.82) is 0 Å². The van der Waals surface area contributed by atoms with Gasteiger partial charge in [-0.05, 0) is 34.8 Å². The normalized spacial score (nSPS) is 17.6. The van der Waals surface area contributed by atoms with Gasteiger partial charge in [-0.2, -0.15) is 0 Å². The summed E-state index contributed by atoms with van der Waals surface area (Å²) in [5.41, 5.74) is 0.111. The summed E-state index contributed by atoms with van der Waals surface area (Å²) in [6, 6.07) is 2.04. The Hall–Kier alpha value is -0.160. The molecular formula is C12H12Br2F2O. The topological polar surface area (TPSA) is 9.23 Å². The minimum Gasteiger partial charge on any atom is -0.489 e. The van der Waals surface area contributed by atoms with Gasteiger partial charge in [0.05, 0.1) is 11.1 Å². The third kappa shape index (κ3) is 2.81. The van der Waals surface area contributed by atoms with Crippen LogP contribution in [-0.2, 0) is 0 Å². The lowest BCUT2D eigenvalue weighted by molar-refractivity contribution is 0.0808. The zero-order valence-electron chi connectivity index (χ0n) is 9.11. The van der Waals surface area contributed by atoms with E-state index in [-0.39, 0.29) is 11.2 Å². The van der Waals surface area contributed by atoms with Crippen molar-refractivity contribution in [2.24, 2.45) is 5.41 Å². The van der Waals surface area contributed by atoms with Crippen LogP contribution in [0, 0.1) is 17.0 Å². The first kappa shape index (κ1) is 13.3. The van der Waals surface area contributed by atoms with E-state index in [1.807, 2.05) is 0 Å². The molecule has 0 N–H and O–H groups in total. The molecule has 17 heavy (non-hydrogen) atoms. The van der Waals surface area contributed by atoms with Gasteiger partial charge >= 0.3 is 0 Å². The maximum atomic E-state index is 13.5. The molecule has 1 saturated carbocycles. The van der Waals surface area contributed by atoms with Gasteiger partial charge in [0.25, 0.3) is 0 Å². The van der Waals surface area contributed by atoms with Crippen LogP contribution in [0.25, 0.3) is 0 Å². The highest BCUT2D eigenvalue weighted by Crippen LogP contribution is 2.43. The van der Waals surface area contributed by atoms with Crippen LogP contribution in [0.1, 0.15) is 19.3 Å². The summed E-state index contributed by atoms with van der Waals surface area (Å²) in [4.78, 5) is 0. The molecule has 0 heterocycles. The predicted molar refractivity (Wildman–Crippen MR) is 69.6 cm³/mol. The summed E-state index contributed by atoms with van der Waals surface area (Å²) in [6.07, 6.45) is 3.35. The molecule has 0 aliphatic heterocycles. The molecule has 0 saturated heterocycles. The Labute approximate surface area is 116 Å². The van der Waals surface area contributed by atoms with Gasteiger partial charge < -0.3 is 4.74 Å². The molecular weight excluding hydrogens is 358 g/mol. The Kier molecular flexibility index (Phi) is 4.08. The maximum absolute atomic E-state index is 13.5. The average molecular weight is 370 g/mol. The van der Waals surface area contributed by atoms with Crippen molar-refractivity contribution in [2.45, 2.75) is 19.3 Å². The monoisotopic (exact) mass is 368 g/mol. The smallest absolute Gasteiger partial charge is 0.169 e. The quantitative estimate of drug-likeness (QED) is 0.700. The molecule has 0 radical (unpaired) electrons. The van der Waals surface area contributed by atoms with Crippen molar-refractivity contribution in [3.63, 3.8) is 0 Å². The van der Waals surface area contributed by atoms with Crippen LogP contribution in [0.4, 0.5) is 8.78 Å². The number of halogens is 4. The number of hydrogen-bond acceptors (Lipinski definition) is 1. The Bertz CT molecular complexity index is 390. The fraction of sp³-hybridized carbons (Fsp3) is 0.500. The average Bonchev–Trinajstić information content (AvgIpc) is 2.19. The number of rotatable bonds is 4. The maximum Gasteiger partial charge on any atom is 0.169 e. The van der Waals surface area contributed by atoms with Crippen LogP contribution < -0.4 is 4.74 Å². The summed E-state index contributed by atoms with van der Waals surface area (Å²) >= 11 is 6.57. The van der Waals surface area contributed by atoms with Gasteiger partial charge in [-0.3, -0.25) is 0 Å². The van der Waals surface area contributed by atoms with Gasteiger partial charge in [0.1, 0.15) is 5.82 Å². The van der Waals surface area contributed by atoms with Crippen molar-refractivity contribution < 1.29 is 13.5 Å². The van der Waals surface area contributed by atoms with E-state index < -0.39 is 11.6 Å². The SMILES string of the molecule is Fc1cc(F)c(OCC2(CBr)CCC2)c(Br)c1. The number of benzene rings is 1. The van der Waals surface area contributed by atoms with Crippen LogP contribution in [0.3, 0.4) is 0 Å². The minimum absolute atomic E-state index is 0.0959. The van der Waals surface area contributed by atoms with Gasteiger partial charge in [-0.25, -0.2) is 8.78 Å².